The van der Waals surface area contributed by atoms with Crippen LogP contribution in [0.1, 0.15) is 0 Å². The van der Waals surface area contributed by atoms with E-state index in [-0.39, 0.29) is 0 Å². The van der Waals surface area contributed by atoms with Crippen molar-refractivity contribution in [3.05, 3.63) is 140 Å². The van der Waals surface area contributed by atoms with Gasteiger partial charge in [0.1, 0.15) is 11.5 Å². The van der Waals surface area contributed by atoms with Crippen LogP contribution >= 0.6 is 24.5 Å². The Morgan fingerprint density at radius 2 is 0.794 bits per heavy atom. The average Bonchev–Trinajstić information content (AvgIpc) is 2.91. The zero-order valence-electron chi connectivity index (χ0n) is 18.7. The molecule has 34 heavy (non-hydrogen) atoms. The van der Waals surface area contributed by atoms with Crippen LogP contribution in [0.25, 0.3) is 0 Å². The molecule has 0 aliphatic carbocycles. The smallest absolute Gasteiger partial charge is 0.135 e. The molecule has 0 fully saturated rings. The molecule has 2 unspecified atom stereocenters. The van der Waals surface area contributed by atoms with Crippen LogP contribution in [-0.4, -0.2) is 0 Å². The number of rotatable bonds is 7. The van der Waals surface area contributed by atoms with E-state index in [0.717, 1.165) is 11.5 Å². The third-order valence-corrected chi connectivity index (χ3v) is 11.5. The highest BCUT2D eigenvalue weighted by Gasteiger charge is 2.21. The standard InChI is InChI=1S/C30H25OP3/c32-34(26-18-8-3-9-19-26)30-23-13-11-21-28(30)31-27-20-10-12-22-29(27)33(24-14-4-1-5-15-24)25-16-6-2-7-17-25/h1-23H,32H2. The molecule has 0 saturated heterocycles. The van der Waals surface area contributed by atoms with Gasteiger partial charge in [0.05, 0.1) is 0 Å². The quantitative estimate of drug-likeness (QED) is 0.236. The summed E-state index contributed by atoms with van der Waals surface area (Å²) in [5.74, 6) is 1.83. The Bertz CT molecular complexity index is 1300. The van der Waals surface area contributed by atoms with Gasteiger partial charge in [-0.2, -0.15) is 0 Å². The third kappa shape index (κ3) is 5.14. The summed E-state index contributed by atoms with van der Waals surface area (Å²) in [5.41, 5.74) is 0. The highest BCUT2D eigenvalue weighted by molar-refractivity contribution is 8.21. The van der Waals surface area contributed by atoms with Gasteiger partial charge in [-0.15, -0.1) is 8.93 Å². The van der Waals surface area contributed by atoms with E-state index in [4.69, 9.17) is 4.74 Å². The van der Waals surface area contributed by atoms with Crippen molar-refractivity contribution in [1.29, 1.82) is 0 Å². The largest absolute Gasteiger partial charge is 0.456 e. The monoisotopic (exact) mass is 494 g/mol. The van der Waals surface area contributed by atoms with E-state index >= 15 is 0 Å². The number of hydrogen-bond acceptors (Lipinski definition) is 1. The second-order valence-electron chi connectivity index (χ2n) is 7.75. The molecule has 0 bridgehead atoms. The predicted octanol–water partition coefficient (Wildman–Crippen LogP) is 6.46. The van der Waals surface area contributed by atoms with E-state index in [9.17, 15) is 0 Å². The van der Waals surface area contributed by atoms with Crippen LogP contribution in [0.5, 0.6) is 11.5 Å². The summed E-state index contributed by atoms with van der Waals surface area (Å²) >= 11 is 0. The lowest BCUT2D eigenvalue weighted by Crippen LogP contribution is -2.22. The molecule has 0 heterocycles. The van der Waals surface area contributed by atoms with E-state index in [1.165, 1.54) is 26.5 Å². The second kappa shape index (κ2) is 11.1. The highest BCUT2D eigenvalue weighted by Crippen LogP contribution is 2.46. The Hall–Kier alpha value is -2.81. The SMILES string of the molecule is PP(c1ccccc1)c1ccccc1Oc1ccccc1P(c1ccccc1)c1ccccc1. The van der Waals surface area contributed by atoms with Crippen molar-refractivity contribution >= 4 is 51.0 Å². The molecule has 0 aromatic heterocycles. The summed E-state index contributed by atoms with van der Waals surface area (Å²) < 4.78 is 6.73. The van der Waals surface area contributed by atoms with Crippen LogP contribution in [0.15, 0.2) is 140 Å². The first kappa shape index (κ1) is 23.0. The van der Waals surface area contributed by atoms with Crippen molar-refractivity contribution in [2.45, 2.75) is 0 Å². The molecule has 0 spiro atoms. The van der Waals surface area contributed by atoms with Crippen LogP contribution < -0.4 is 31.3 Å². The fraction of sp³-hybridized carbons (Fsp3) is 0. The summed E-state index contributed by atoms with van der Waals surface area (Å²) in [6.45, 7) is 0. The molecule has 0 amide bonds. The molecule has 5 rings (SSSR count). The lowest BCUT2D eigenvalue weighted by molar-refractivity contribution is 0.491. The fourth-order valence-corrected chi connectivity index (χ4v) is 8.80. The Morgan fingerprint density at radius 3 is 1.32 bits per heavy atom. The molecule has 0 saturated carbocycles. The van der Waals surface area contributed by atoms with Crippen molar-refractivity contribution in [3.63, 3.8) is 0 Å². The lowest BCUT2D eigenvalue weighted by Gasteiger charge is -2.23. The maximum atomic E-state index is 6.73. The zero-order valence-corrected chi connectivity index (χ0v) is 21.6. The molecule has 166 valence electrons. The molecule has 2 atom stereocenters. The highest BCUT2D eigenvalue weighted by atomic mass is 32.0. The van der Waals surface area contributed by atoms with Gasteiger partial charge < -0.3 is 4.74 Å². The number of para-hydroxylation sites is 2. The Labute approximate surface area is 206 Å². The summed E-state index contributed by atoms with van der Waals surface area (Å²) in [7, 11) is 1.68. The molecular formula is C30H25OP3. The van der Waals surface area contributed by atoms with Gasteiger partial charge >= 0.3 is 0 Å². The first-order valence-corrected chi connectivity index (χ1v) is 15.5. The van der Waals surface area contributed by atoms with Gasteiger partial charge in [0.15, 0.2) is 0 Å². The average molecular weight is 494 g/mol. The molecule has 1 nitrogen and oxygen atoms in total. The zero-order chi connectivity index (χ0) is 23.2. The van der Waals surface area contributed by atoms with Crippen LogP contribution in [0.2, 0.25) is 0 Å². The van der Waals surface area contributed by atoms with Crippen molar-refractivity contribution in [3.8, 4) is 11.5 Å². The Balaban J connectivity index is 1.57. The molecule has 0 aliphatic heterocycles. The predicted molar refractivity (Wildman–Crippen MR) is 154 cm³/mol. The molecular weight excluding hydrogens is 469 g/mol. The minimum Gasteiger partial charge on any atom is -0.456 e. The van der Waals surface area contributed by atoms with Gasteiger partial charge in [-0.25, -0.2) is 0 Å². The number of benzene rings is 5. The van der Waals surface area contributed by atoms with Gasteiger partial charge in [-0.3, -0.25) is 0 Å². The lowest BCUT2D eigenvalue weighted by atomic mass is 10.3. The second-order valence-corrected chi connectivity index (χ2v) is 13.2. The first-order chi connectivity index (χ1) is 16.8. The maximum absolute atomic E-state index is 6.73. The van der Waals surface area contributed by atoms with Crippen molar-refractivity contribution in [2.75, 3.05) is 0 Å². The summed E-state index contributed by atoms with van der Waals surface area (Å²) in [5, 5.41) is 6.36. The van der Waals surface area contributed by atoms with E-state index < -0.39 is 15.5 Å². The van der Waals surface area contributed by atoms with E-state index in [1.54, 1.807) is 0 Å². The minimum absolute atomic E-state index is 0.603. The van der Waals surface area contributed by atoms with Gasteiger partial charge in [0.2, 0.25) is 0 Å². The fourth-order valence-electron chi connectivity index (χ4n) is 3.90. The van der Waals surface area contributed by atoms with Gasteiger partial charge in [0.25, 0.3) is 0 Å². The normalized spacial score (nSPS) is 11.8. The van der Waals surface area contributed by atoms with Crippen LogP contribution in [0.4, 0.5) is 0 Å². The molecule has 4 heteroatoms. The summed E-state index contributed by atoms with van der Waals surface area (Å²) in [4.78, 5) is 0. The number of ether oxygens (including phenoxy) is 1. The summed E-state index contributed by atoms with van der Waals surface area (Å²) in [6.07, 6.45) is 0. The molecule has 0 N–H and O–H groups in total. The number of hydrogen-bond donors (Lipinski definition) is 0. The molecule has 0 radical (unpaired) electrons. The van der Waals surface area contributed by atoms with E-state index in [1.807, 2.05) is 0 Å². The molecule has 5 aromatic rings. The first-order valence-electron chi connectivity index (χ1n) is 11.2. The maximum Gasteiger partial charge on any atom is 0.135 e. The Kier molecular flexibility index (Phi) is 7.48. The topological polar surface area (TPSA) is 9.23 Å². The Morgan fingerprint density at radius 1 is 0.412 bits per heavy atom. The summed E-state index contributed by atoms with van der Waals surface area (Å²) in [6, 6.07) is 49.0. The van der Waals surface area contributed by atoms with Crippen molar-refractivity contribution in [2.24, 2.45) is 0 Å². The van der Waals surface area contributed by atoms with Crippen molar-refractivity contribution in [1.82, 2.24) is 0 Å². The van der Waals surface area contributed by atoms with Crippen LogP contribution in [0.3, 0.4) is 0 Å². The van der Waals surface area contributed by atoms with E-state index in [0.29, 0.717) is 0 Å². The van der Waals surface area contributed by atoms with Crippen molar-refractivity contribution < 1.29 is 4.74 Å². The van der Waals surface area contributed by atoms with Gasteiger partial charge in [-0.05, 0) is 43.6 Å². The third-order valence-electron chi connectivity index (χ3n) is 5.51. The molecule has 0 aliphatic rings. The molecule has 5 aromatic carbocycles. The minimum atomic E-state index is -0.757. The van der Waals surface area contributed by atoms with Crippen LogP contribution in [0, 0.1) is 0 Å². The van der Waals surface area contributed by atoms with Crippen LogP contribution in [-0.2, 0) is 0 Å². The van der Waals surface area contributed by atoms with E-state index in [2.05, 4.69) is 148 Å². The van der Waals surface area contributed by atoms with Gasteiger partial charge in [0, 0.05) is 10.6 Å². The van der Waals surface area contributed by atoms with Gasteiger partial charge in [-0.1, -0.05) is 127 Å².